The topological polar surface area (TPSA) is 107 Å². The molecule has 4 saturated carbocycles. The van der Waals surface area contributed by atoms with Gasteiger partial charge in [-0.25, -0.2) is 0 Å². The van der Waals surface area contributed by atoms with Crippen molar-refractivity contribution in [2.45, 2.75) is 110 Å². The van der Waals surface area contributed by atoms with E-state index < -0.39 is 12.2 Å². The minimum atomic E-state index is -0.532. The summed E-state index contributed by atoms with van der Waals surface area (Å²) in [6.07, 6.45) is 5.45. The Morgan fingerprint density at radius 2 is 1.71 bits per heavy atom. The summed E-state index contributed by atoms with van der Waals surface area (Å²) in [5, 5.41) is 44.4. The zero-order chi connectivity index (χ0) is 25.0. The van der Waals surface area contributed by atoms with Crippen LogP contribution in [-0.4, -0.2) is 57.9 Å². The van der Waals surface area contributed by atoms with Gasteiger partial charge in [0.05, 0.1) is 37.4 Å². The monoisotopic (exact) mass is 480 g/mol. The van der Waals surface area contributed by atoms with Gasteiger partial charge in [-0.05, 0) is 104 Å². The lowest BCUT2D eigenvalue weighted by molar-refractivity contribution is -0.208. The minimum Gasteiger partial charge on any atom is -0.469 e. The minimum absolute atomic E-state index is 0.0138. The second-order valence-electron chi connectivity index (χ2n) is 13.0. The first-order valence-corrected chi connectivity index (χ1v) is 13.7. The molecule has 0 bridgehead atoms. The van der Waals surface area contributed by atoms with E-state index in [1.54, 1.807) is 0 Å². The zero-order valence-electron chi connectivity index (χ0n) is 21.8. The number of carbonyl (C=O) groups is 1. The van der Waals surface area contributed by atoms with Crippen LogP contribution in [-0.2, 0) is 9.53 Å². The third kappa shape index (κ3) is 4.14. The van der Waals surface area contributed by atoms with Gasteiger partial charge in [0.1, 0.15) is 0 Å². The molecule has 6 nitrogen and oxygen atoms in total. The van der Waals surface area contributed by atoms with Crippen LogP contribution in [0, 0.1) is 52.3 Å². The molecular formula is C28H48O6. The summed E-state index contributed by atoms with van der Waals surface area (Å²) in [5.41, 5.74) is -0.257. The number of esters is 1. The molecule has 4 N–H and O–H groups in total. The third-order valence-electron chi connectivity index (χ3n) is 11.6. The number of hydrogen-bond donors (Lipinski definition) is 4. The Hall–Kier alpha value is -0.690. The lowest BCUT2D eigenvalue weighted by atomic mass is 9.43. The zero-order valence-corrected chi connectivity index (χ0v) is 21.8. The molecule has 4 aliphatic carbocycles. The summed E-state index contributed by atoms with van der Waals surface area (Å²) in [6, 6.07) is 0. The van der Waals surface area contributed by atoms with E-state index in [0.29, 0.717) is 25.2 Å². The summed E-state index contributed by atoms with van der Waals surface area (Å²) in [7, 11) is 1.40. The van der Waals surface area contributed by atoms with Crippen molar-refractivity contribution in [2.24, 2.45) is 52.3 Å². The van der Waals surface area contributed by atoms with Crippen molar-refractivity contribution in [3.8, 4) is 0 Å². The molecule has 13 unspecified atom stereocenters. The highest BCUT2D eigenvalue weighted by molar-refractivity contribution is 5.71. The molecule has 34 heavy (non-hydrogen) atoms. The van der Waals surface area contributed by atoms with Crippen LogP contribution in [0.3, 0.4) is 0 Å². The highest BCUT2D eigenvalue weighted by Crippen LogP contribution is 2.68. The van der Waals surface area contributed by atoms with E-state index in [1.807, 2.05) is 6.92 Å². The molecule has 13 atom stereocenters. The van der Waals surface area contributed by atoms with Crippen molar-refractivity contribution in [3.63, 3.8) is 0 Å². The highest BCUT2D eigenvalue weighted by Gasteiger charge is 2.66. The van der Waals surface area contributed by atoms with E-state index in [-0.39, 0.29) is 64.5 Å². The molecular weight excluding hydrogens is 432 g/mol. The van der Waals surface area contributed by atoms with Gasteiger partial charge in [0.2, 0.25) is 0 Å². The molecule has 4 aliphatic rings. The van der Waals surface area contributed by atoms with Crippen LogP contribution in [0.1, 0.15) is 85.5 Å². The van der Waals surface area contributed by atoms with Crippen LogP contribution < -0.4 is 0 Å². The Labute approximate surface area is 205 Å². The number of methoxy groups -OCH3 is 1. The Morgan fingerprint density at radius 3 is 2.38 bits per heavy atom. The van der Waals surface area contributed by atoms with Gasteiger partial charge in [-0.2, -0.15) is 0 Å². The lowest BCUT2D eigenvalue weighted by Crippen LogP contribution is -2.62. The lowest BCUT2D eigenvalue weighted by Gasteiger charge is -2.63. The summed E-state index contributed by atoms with van der Waals surface area (Å²) in [6.45, 7) is 8.50. The molecule has 0 aromatic carbocycles. The van der Waals surface area contributed by atoms with E-state index in [2.05, 4.69) is 20.8 Å². The van der Waals surface area contributed by atoms with Crippen molar-refractivity contribution < 1.29 is 30.0 Å². The Bertz CT molecular complexity index is 742. The average molecular weight is 481 g/mol. The number of ether oxygens (including phenoxy) is 1. The van der Waals surface area contributed by atoms with Crippen LogP contribution in [0.5, 0.6) is 0 Å². The second-order valence-corrected chi connectivity index (χ2v) is 13.0. The van der Waals surface area contributed by atoms with Crippen LogP contribution >= 0.6 is 0 Å². The first-order valence-electron chi connectivity index (χ1n) is 13.7. The number of aliphatic hydroxyl groups excluding tert-OH is 4. The van der Waals surface area contributed by atoms with Crippen LogP contribution in [0.2, 0.25) is 0 Å². The van der Waals surface area contributed by atoms with Crippen LogP contribution in [0.25, 0.3) is 0 Å². The maximum absolute atomic E-state index is 11.8. The predicted molar refractivity (Wildman–Crippen MR) is 130 cm³/mol. The fraction of sp³-hybridized carbons (Fsp3) is 0.964. The molecule has 0 saturated heterocycles. The maximum atomic E-state index is 11.8. The maximum Gasteiger partial charge on any atom is 0.308 e. The van der Waals surface area contributed by atoms with Crippen molar-refractivity contribution in [1.82, 2.24) is 0 Å². The number of aliphatic hydroxyl groups is 4. The molecule has 0 heterocycles. The van der Waals surface area contributed by atoms with E-state index in [4.69, 9.17) is 4.74 Å². The number of carbonyl (C=O) groups excluding carboxylic acids is 1. The number of rotatable bonds is 6. The molecule has 4 fully saturated rings. The van der Waals surface area contributed by atoms with Gasteiger partial charge in [0.25, 0.3) is 0 Å². The van der Waals surface area contributed by atoms with E-state index in [1.165, 1.54) is 7.11 Å². The van der Waals surface area contributed by atoms with Crippen molar-refractivity contribution in [1.29, 1.82) is 0 Å². The van der Waals surface area contributed by atoms with Gasteiger partial charge in [-0.1, -0.05) is 27.7 Å². The van der Waals surface area contributed by atoms with Gasteiger partial charge in [0.15, 0.2) is 0 Å². The summed E-state index contributed by atoms with van der Waals surface area (Å²) in [5.74, 6) is 0.742. The van der Waals surface area contributed by atoms with E-state index >= 15 is 0 Å². The van der Waals surface area contributed by atoms with Crippen molar-refractivity contribution in [3.05, 3.63) is 0 Å². The van der Waals surface area contributed by atoms with Gasteiger partial charge in [-0.15, -0.1) is 0 Å². The second kappa shape index (κ2) is 9.64. The fourth-order valence-electron chi connectivity index (χ4n) is 9.33. The largest absolute Gasteiger partial charge is 0.469 e. The van der Waals surface area contributed by atoms with Gasteiger partial charge < -0.3 is 25.2 Å². The van der Waals surface area contributed by atoms with Crippen LogP contribution in [0.15, 0.2) is 0 Å². The molecule has 6 heteroatoms. The average Bonchev–Trinajstić information content (AvgIpc) is 3.16. The molecule has 196 valence electrons. The summed E-state index contributed by atoms with van der Waals surface area (Å²) in [4.78, 5) is 11.8. The molecule has 0 spiro atoms. The smallest absolute Gasteiger partial charge is 0.308 e. The normalized spacial score (nSPS) is 48.7. The summed E-state index contributed by atoms with van der Waals surface area (Å²) >= 11 is 0. The van der Waals surface area contributed by atoms with E-state index in [0.717, 1.165) is 38.5 Å². The SMILES string of the molecule is COC(=O)C(C)CCC(O)C(C)C1CCC2C3C(O)CC4CC(O)CCC4(C)C3CC(O)C12C. The molecule has 0 aliphatic heterocycles. The first kappa shape index (κ1) is 26.4. The Balaban J connectivity index is 1.51. The Kier molecular flexibility index (Phi) is 7.48. The predicted octanol–water partition coefficient (Wildman–Crippen LogP) is 3.53. The molecule has 0 aromatic rings. The quantitative estimate of drug-likeness (QED) is 0.433. The van der Waals surface area contributed by atoms with Gasteiger partial charge in [-0.3, -0.25) is 4.79 Å². The third-order valence-corrected chi connectivity index (χ3v) is 11.6. The summed E-state index contributed by atoms with van der Waals surface area (Å²) < 4.78 is 4.83. The molecule has 4 rings (SSSR count). The van der Waals surface area contributed by atoms with Crippen LogP contribution in [0.4, 0.5) is 0 Å². The van der Waals surface area contributed by atoms with Gasteiger partial charge in [0, 0.05) is 0 Å². The highest BCUT2D eigenvalue weighted by atomic mass is 16.5. The number of fused-ring (bicyclic) bond motifs is 5. The van der Waals surface area contributed by atoms with Gasteiger partial charge >= 0.3 is 5.97 Å². The van der Waals surface area contributed by atoms with Crippen molar-refractivity contribution in [2.75, 3.05) is 7.11 Å². The molecule has 0 radical (unpaired) electrons. The Morgan fingerprint density at radius 1 is 1.00 bits per heavy atom. The fourth-order valence-corrected chi connectivity index (χ4v) is 9.33. The number of hydrogen-bond acceptors (Lipinski definition) is 6. The standard InChI is InChI=1S/C28H48O6/c1-15(26(33)34-5)6-9-22(30)16(2)19-7-8-20-25-21(14-24(32)28(19,20)4)27(3)11-10-18(29)12-17(27)13-23(25)31/h15-25,29-32H,6-14H2,1-5H3. The first-order chi connectivity index (χ1) is 15.9. The van der Waals surface area contributed by atoms with E-state index in [9.17, 15) is 25.2 Å². The molecule has 0 aromatic heterocycles. The molecule has 0 amide bonds. The van der Waals surface area contributed by atoms with Crippen molar-refractivity contribution >= 4 is 5.97 Å².